The van der Waals surface area contributed by atoms with E-state index in [2.05, 4.69) is 0 Å². The minimum absolute atomic E-state index is 0.0419. The summed E-state index contributed by atoms with van der Waals surface area (Å²) in [5, 5.41) is 20.6. The molecule has 2 N–H and O–H groups in total. The summed E-state index contributed by atoms with van der Waals surface area (Å²) in [7, 11) is 0. The Morgan fingerprint density at radius 1 is 1.11 bits per heavy atom. The lowest BCUT2D eigenvalue weighted by atomic mass is 9.49. The van der Waals surface area contributed by atoms with Crippen molar-refractivity contribution in [2.75, 3.05) is 13.2 Å². The van der Waals surface area contributed by atoms with Crippen molar-refractivity contribution in [3.05, 3.63) is 0 Å². The molecule has 4 saturated carbocycles. The molecule has 0 aromatic heterocycles. The first-order chi connectivity index (χ1) is 12.9. The van der Waals surface area contributed by atoms with Gasteiger partial charge in [-0.15, -0.1) is 0 Å². The molecule has 5 atom stereocenters. The van der Waals surface area contributed by atoms with Crippen LogP contribution in [0, 0.1) is 29.1 Å². The monoisotopic (exact) mass is 382 g/mol. The van der Waals surface area contributed by atoms with E-state index in [1.54, 1.807) is 6.92 Å². The number of aliphatic hydroxyl groups is 2. The molecule has 0 spiro atoms. The molecule has 4 bridgehead atoms. The Labute approximate surface area is 161 Å². The van der Waals surface area contributed by atoms with Crippen molar-refractivity contribution >= 4 is 5.97 Å². The number of rotatable bonds is 6. The summed E-state index contributed by atoms with van der Waals surface area (Å²) in [6, 6.07) is 0. The van der Waals surface area contributed by atoms with Crippen molar-refractivity contribution in [3.63, 3.8) is 0 Å². The lowest BCUT2D eigenvalue weighted by molar-refractivity contribution is -0.275. The minimum Gasteiger partial charge on any atom is -0.463 e. The first-order valence-electron chi connectivity index (χ1n) is 10.7. The van der Waals surface area contributed by atoms with Crippen molar-refractivity contribution in [1.82, 2.24) is 0 Å². The molecule has 5 rings (SSSR count). The van der Waals surface area contributed by atoms with Crippen molar-refractivity contribution in [2.24, 2.45) is 29.1 Å². The highest BCUT2D eigenvalue weighted by molar-refractivity contribution is 5.70. The molecule has 154 valence electrons. The Hall–Kier alpha value is -0.690. The average Bonchev–Trinajstić information content (AvgIpc) is 2.59. The summed E-state index contributed by atoms with van der Waals surface area (Å²) in [6.45, 7) is 4.03. The number of aliphatic hydroxyl groups excluding tert-OH is 2. The van der Waals surface area contributed by atoms with Gasteiger partial charge in [-0.2, -0.15) is 0 Å². The van der Waals surface area contributed by atoms with E-state index in [0.29, 0.717) is 13.0 Å². The van der Waals surface area contributed by atoms with Crippen molar-refractivity contribution in [2.45, 2.75) is 83.4 Å². The third-order valence-electron chi connectivity index (χ3n) is 7.45. The third-order valence-corrected chi connectivity index (χ3v) is 7.45. The van der Waals surface area contributed by atoms with Gasteiger partial charge in [0.15, 0.2) is 6.29 Å². The van der Waals surface area contributed by atoms with Crippen LogP contribution in [-0.2, 0) is 19.0 Å². The minimum atomic E-state index is -1.03. The van der Waals surface area contributed by atoms with Gasteiger partial charge >= 0.3 is 5.97 Å². The molecule has 0 aromatic rings. The van der Waals surface area contributed by atoms with E-state index in [1.165, 1.54) is 38.5 Å². The van der Waals surface area contributed by atoms with Crippen molar-refractivity contribution < 1.29 is 29.2 Å². The van der Waals surface area contributed by atoms with Gasteiger partial charge in [0.2, 0.25) is 0 Å². The Bertz CT molecular complexity index is 514. The van der Waals surface area contributed by atoms with Gasteiger partial charge in [0.05, 0.1) is 12.5 Å². The van der Waals surface area contributed by atoms with Crippen LogP contribution in [0.15, 0.2) is 0 Å². The highest BCUT2D eigenvalue weighted by Gasteiger charge is 2.52. The van der Waals surface area contributed by atoms with Crippen LogP contribution in [-0.4, -0.2) is 54.0 Å². The van der Waals surface area contributed by atoms with Gasteiger partial charge in [0.25, 0.3) is 0 Å². The van der Waals surface area contributed by atoms with Crippen molar-refractivity contribution in [1.29, 1.82) is 0 Å². The van der Waals surface area contributed by atoms with Gasteiger partial charge in [-0.1, -0.05) is 6.92 Å². The van der Waals surface area contributed by atoms with Crippen molar-refractivity contribution in [3.8, 4) is 0 Å². The molecule has 5 fully saturated rings. The molecule has 0 amide bonds. The van der Waals surface area contributed by atoms with E-state index in [0.717, 1.165) is 17.8 Å². The lowest BCUT2D eigenvalue weighted by Crippen LogP contribution is -2.56. The van der Waals surface area contributed by atoms with Gasteiger partial charge in [-0.3, -0.25) is 4.79 Å². The number of hydrogen-bond acceptors (Lipinski definition) is 6. The number of carbonyl (C=O) groups is 1. The van der Waals surface area contributed by atoms with Crippen LogP contribution in [0.4, 0.5) is 0 Å². The van der Waals surface area contributed by atoms with E-state index < -0.39 is 24.6 Å². The number of esters is 1. The second kappa shape index (κ2) is 7.62. The first-order valence-corrected chi connectivity index (χ1v) is 10.7. The molecular formula is C21H34O6. The number of carbonyl (C=O) groups excluding carboxylic acids is 1. The lowest BCUT2D eigenvalue weighted by Gasteiger charge is -2.56. The van der Waals surface area contributed by atoms with E-state index in [4.69, 9.17) is 14.2 Å². The SMILES string of the molecule is CCO[C@@H]1C(C)C(O)OC(COC(=O)CC23CC4CC(CC(C4)C2)C3)[C@@H]1O. The zero-order valence-electron chi connectivity index (χ0n) is 16.5. The Balaban J connectivity index is 1.31. The molecule has 1 heterocycles. The Morgan fingerprint density at radius 2 is 1.70 bits per heavy atom. The second-order valence-electron chi connectivity index (χ2n) is 9.61. The fourth-order valence-corrected chi connectivity index (χ4v) is 6.69. The summed E-state index contributed by atoms with van der Waals surface area (Å²) in [6.07, 6.45) is 4.80. The predicted octanol–water partition coefficient (Wildman–Crippen LogP) is 2.26. The van der Waals surface area contributed by atoms with Crippen LogP contribution >= 0.6 is 0 Å². The van der Waals surface area contributed by atoms with Gasteiger partial charge in [0, 0.05) is 12.5 Å². The Kier molecular flexibility index (Phi) is 5.54. The Morgan fingerprint density at radius 3 is 2.26 bits per heavy atom. The molecule has 0 aromatic carbocycles. The topological polar surface area (TPSA) is 85.2 Å². The standard InChI is InChI=1S/C21H34O6/c1-3-25-19-12(2)20(24)27-16(18(19)23)11-26-17(22)10-21-7-13-4-14(8-21)6-15(5-13)9-21/h12-16,18-20,23-24H,3-11H2,1-2H3/t12?,13?,14?,15?,16?,18-,19+,20?,21?/m0/s1. The normalized spacial score (nSPS) is 48.6. The average molecular weight is 382 g/mol. The summed E-state index contributed by atoms with van der Waals surface area (Å²) in [4.78, 5) is 12.6. The van der Waals surface area contributed by atoms with Gasteiger partial charge in [-0.25, -0.2) is 0 Å². The largest absolute Gasteiger partial charge is 0.463 e. The molecular weight excluding hydrogens is 348 g/mol. The second-order valence-corrected chi connectivity index (χ2v) is 9.61. The molecule has 0 radical (unpaired) electrons. The van der Waals surface area contributed by atoms with Crippen LogP contribution in [0.1, 0.15) is 58.8 Å². The van der Waals surface area contributed by atoms with Gasteiger partial charge in [0.1, 0.15) is 18.8 Å². The molecule has 1 saturated heterocycles. The summed E-state index contributed by atoms with van der Waals surface area (Å²) in [5.74, 6) is 1.87. The summed E-state index contributed by atoms with van der Waals surface area (Å²) < 4.78 is 16.6. The van der Waals surface area contributed by atoms with E-state index in [-0.39, 0.29) is 23.9 Å². The van der Waals surface area contributed by atoms with E-state index in [1.807, 2.05) is 6.92 Å². The summed E-state index contributed by atoms with van der Waals surface area (Å²) in [5.41, 5.74) is 0.139. The molecule has 5 aliphatic rings. The molecule has 3 unspecified atom stereocenters. The number of hydrogen-bond donors (Lipinski definition) is 2. The molecule has 4 aliphatic carbocycles. The van der Waals surface area contributed by atoms with E-state index >= 15 is 0 Å². The fourth-order valence-electron chi connectivity index (χ4n) is 6.69. The fraction of sp³-hybridized carbons (Fsp3) is 0.952. The van der Waals surface area contributed by atoms with Gasteiger partial charge in [-0.05, 0) is 68.6 Å². The van der Waals surface area contributed by atoms with Crippen LogP contribution in [0.5, 0.6) is 0 Å². The van der Waals surface area contributed by atoms with Crippen LogP contribution < -0.4 is 0 Å². The number of ether oxygens (including phenoxy) is 3. The molecule has 6 heteroatoms. The smallest absolute Gasteiger partial charge is 0.306 e. The van der Waals surface area contributed by atoms with Gasteiger partial charge < -0.3 is 24.4 Å². The highest BCUT2D eigenvalue weighted by Crippen LogP contribution is 2.61. The quantitative estimate of drug-likeness (QED) is 0.686. The maximum Gasteiger partial charge on any atom is 0.306 e. The zero-order chi connectivity index (χ0) is 19.2. The molecule has 1 aliphatic heterocycles. The summed E-state index contributed by atoms with van der Waals surface area (Å²) >= 11 is 0. The zero-order valence-corrected chi connectivity index (χ0v) is 16.5. The molecule has 27 heavy (non-hydrogen) atoms. The maximum atomic E-state index is 12.6. The van der Waals surface area contributed by atoms with Crippen LogP contribution in [0.3, 0.4) is 0 Å². The van der Waals surface area contributed by atoms with E-state index in [9.17, 15) is 15.0 Å². The third kappa shape index (κ3) is 3.91. The first kappa shape index (κ1) is 19.6. The predicted molar refractivity (Wildman–Crippen MR) is 97.6 cm³/mol. The van der Waals surface area contributed by atoms with Crippen LogP contribution in [0.25, 0.3) is 0 Å². The highest BCUT2D eigenvalue weighted by atomic mass is 16.6. The van der Waals surface area contributed by atoms with Crippen LogP contribution in [0.2, 0.25) is 0 Å². The molecule has 6 nitrogen and oxygen atoms in total. The maximum absolute atomic E-state index is 12.6.